The molecule has 37 nitrogen and oxygen atoms in total. The summed E-state index contributed by atoms with van der Waals surface area (Å²) in [4.78, 5) is 25.0. The number of carbonyl (C=O) groups is 2. The molecule has 37 heteroatoms. The van der Waals surface area contributed by atoms with Gasteiger partial charge in [-0.15, -0.1) is 0 Å². The van der Waals surface area contributed by atoms with Crippen LogP contribution in [-0.2, 0) is 71.2 Å². The Kier molecular flexibility index (Phi) is 24.0. The van der Waals surface area contributed by atoms with Crippen molar-refractivity contribution in [3.05, 3.63) is 0 Å². The minimum absolute atomic E-state index is 0.757. The standard InChI is InChI=1S/C46H78N2O35/c1-10-21(54)28(61)32(65)42(74-10)73-9-18-38(26(59)19(40(70)75-18)47-11(2)52)81-41-20(48-12(3)53)27(60)37(15(6-51)78-41)82-46-36(69)39(83-45-35(68)30(63)23(56)14(5-50)77-45)25(58)17(80-46)8-72-44-34(67)31(64)24(57)16(79-44)7-71-43-33(66)29(62)22(55)13(4-49)76-43/h10,13-46,49-51,54-70H,4-9H2,1-3H3,(H,47,52)(H,48,53)/t10-,13+,14+,15+,16+,17+,18+,19+,20+,21+,22+,23+,24+,25+,26+,27+,28+,29-,30-,31-,32-,33-,34-,35-,36-,37+,38+,39-,40+,41-,42+,43-,44-,45+,46-/m0/s1. The van der Waals surface area contributed by atoms with Gasteiger partial charge in [-0.25, -0.2) is 0 Å². The fourth-order valence-corrected chi connectivity index (χ4v) is 10.4. The van der Waals surface area contributed by atoms with Crippen LogP contribution in [0.25, 0.3) is 0 Å². The zero-order valence-electron chi connectivity index (χ0n) is 44.5. The Bertz CT molecular complexity index is 2040. The lowest BCUT2D eigenvalue weighted by Gasteiger charge is -2.50. The van der Waals surface area contributed by atoms with E-state index >= 15 is 0 Å². The summed E-state index contributed by atoms with van der Waals surface area (Å²) in [5.74, 6) is -1.65. The van der Waals surface area contributed by atoms with Gasteiger partial charge in [-0.3, -0.25) is 9.59 Å². The molecular formula is C46H78N2O35. The van der Waals surface area contributed by atoms with Gasteiger partial charge in [0.1, 0.15) is 165 Å². The van der Waals surface area contributed by atoms with Crippen LogP contribution in [0.15, 0.2) is 0 Å². The third-order valence-corrected chi connectivity index (χ3v) is 15.2. The quantitative estimate of drug-likeness (QED) is 0.0538. The Morgan fingerprint density at radius 1 is 0.337 bits per heavy atom. The van der Waals surface area contributed by atoms with Crippen LogP contribution in [0.2, 0.25) is 0 Å². The number of aliphatic hydroxyl groups is 20. The Labute approximate surface area is 470 Å². The number of ether oxygens (including phenoxy) is 13. The molecule has 0 aliphatic carbocycles. The minimum Gasteiger partial charge on any atom is -0.394 e. The number of hydrogen-bond donors (Lipinski definition) is 22. The zero-order chi connectivity index (χ0) is 61.2. The third kappa shape index (κ3) is 15.0. The topological polar surface area (TPSA) is 583 Å². The van der Waals surface area contributed by atoms with Crippen LogP contribution in [0.1, 0.15) is 20.8 Å². The molecule has 83 heavy (non-hydrogen) atoms. The second-order valence-electron chi connectivity index (χ2n) is 21.1. The van der Waals surface area contributed by atoms with E-state index in [4.69, 9.17) is 61.6 Å². The van der Waals surface area contributed by atoms with Crippen molar-refractivity contribution in [1.29, 1.82) is 0 Å². The van der Waals surface area contributed by atoms with E-state index in [1.807, 2.05) is 0 Å². The second-order valence-corrected chi connectivity index (χ2v) is 21.1. The summed E-state index contributed by atoms with van der Waals surface area (Å²) in [5, 5.41) is 220. The van der Waals surface area contributed by atoms with Crippen molar-refractivity contribution in [2.45, 2.75) is 236 Å². The molecule has 2 amide bonds. The van der Waals surface area contributed by atoms with Gasteiger partial charge in [-0.2, -0.15) is 0 Å². The second kappa shape index (κ2) is 29.3. The van der Waals surface area contributed by atoms with Crippen LogP contribution in [-0.4, -0.2) is 368 Å². The summed E-state index contributed by atoms with van der Waals surface area (Å²) in [6.45, 7) is -2.04. The minimum atomic E-state index is -2.31. The summed E-state index contributed by atoms with van der Waals surface area (Å²) in [7, 11) is 0. The van der Waals surface area contributed by atoms with E-state index in [1.54, 1.807) is 0 Å². The molecule has 0 saturated carbocycles. The monoisotopic (exact) mass is 1220 g/mol. The number of rotatable bonds is 20. The van der Waals surface area contributed by atoms with Gasteiger partial charge in [0, 0.05) is 13.8 Å². The molecule has 35 atom stereocenters. The van der Waals surface area contributed by atoms with Crippen LogP contribution in [0.5, 0.6) is 0 Å². The Morgan fingerprint density at radius 2 is 0.687 bits per heavy atom. The fraction of sp³-hybridized carbons (Fsp3) is 0.957. The fourth-order valence-electron chi connectivity index (χ4n) is 10.4. The highest BCUT2D eigenvalue weighted by Gasteiger charge is 2.57. The van der Waals surface area contributed by atoms with Crippen molar-refractivity contribution >= 4 is 11.8 Å². The normalized spacial score (nSPS) is 50.8. The van der Waals surface area contributed by atoms with Crippen LogP contribution in [0.3, 0.4) is 0 Å². The number of hydrogen-bond acceptors (Lipinski definition) is 35. The number of carbonyl (C=O) groups excluding carboxylic acids is 2. The highest BCUT2D eigenvalue weighted by atomic mass is 16.8. The van der Waals surface area contributed by atoms with Crippen LogP contribution in [0.4, 0.5) is 0 Å². The Hall–Kier alpha value is -2.38. The molecule has 7 saturated heterocycles. The van der Waals surface area contributed by atoms with Crippen molar-refractivity contribution in [3.63, 3.8) is 0 Å². The summed E-state index contributed by atoms with van der Waals surface area (Å²) < 4.78 is 74.3. The highest BCUT2D eigenvalue weighted by Crippen LogP contribution is 2.36. The van der Waals surface area contributed by atoms with E-state index in [2.05, 4.69) is 10.6 Å². The maximum atomic E-state index is 12.8. The first-order valence-electron chi connectivity index (χ1n) is 26.5. The lowest BCUT2D eigenvalue weighted by atomic mass is 9.94. The van der Waals surface area contributed by atoms with E-state index < -0.39 is 266 Å². The van der Waals surface area contributed by atoms with Crippen molar-refractivity contribution < 1.29 is 173 Å². The van der Waals surface area contributed by atoms with Gasteiger partial charge >= 0.3 is 0 Å². The van der Waals surface area contributed by atoms with Gasteiger partial charge in [0.25, 0.3) is 0 Å². The van der Waals surface area contributed by atoms with Gasteiger partial charge < -0.3 is 174 Å². The van der Waals surface area contributed by atoms with Gasteiger partial charge in [-0.1, -0.05) is 0 Å². The van der Waals surface area contributed by atoms with Crippen molar-refractivity contribution in [2.24, 2.45) is 0 Å². The smallest absolute Gasteiger partial charge is 0.217 e. The highest BCUT2D eigenvalue weighted by molar-refractivity contribution is 5.73. The average Bonchev–Trinajstić information content (AvgIpc) is 3.50. The molecule has 0 aromatic heterocycles. The van der Waals surface area contributed by atoms with Crippen LogP contribution in [0, 0.1) is 0 Å². The first kappa shape index (κ1) is 68.1. The molecule has 7 rings (SSSR count). The molecule has 482 valence electrons. The molecule has 7 fully saturated rings. The van der Waals surface area contributed by atoms with Gasteiger partial charge in [0.15, 0.2) is 44.0 Å². The predicted molar refractivity (Wildman–Crippen MR) is 254 cm³/mol. The molecule has 7 aliphatic rings. The Morgan fingerprint density at radius 3 is 1.20 bits per heavy atom. The molecule has 0 unspecified atom stereocenters. The molecule has 22 N–H and O–H groups in total. The molecule has 0 aromatic carbocycles. The molecule has 7 heterocycles. The average molecular weight is 1220 g/mol. The van der Waals surface area contributed by atoms with Crippen LogP contribution < -0.4 is 10.6 Å². The number of aliphatic hydroxyl groups excluding tert-OH is 20. The lowest BCUT2D eigenvalue weighted by Crippen LogP contribution is -2.70. The summed E-state index contributed by atoms with van der Waals surface area (Å²) in [6.07, 6.45) is -62.2. The first-order chi connectivity index (χ1) is 39.1. The van der Waals surface area contributed by atoms with E-state index in [0.717, 1.165) is 13.8 Å². The van der Waals surface area contributed by atoms with Crippen molar-refractivity contribution in [2.75, 3.05) is 39.6 Å². The van der Waals surface area contributed by atoms with E-state index in [9.17, 15) is 112 Å². The van der Waals surface area contributed by atoms with Gasteiger partial charge in [0.05, 0.1) is 45.7 Å². The first-order valence-corrected chi connectivity index (χ1v) is 26.5. The van der Waals surface area contributed by atoms with Crippen LogP contribution >= 0.6 is 0 Å². The zero-order valence-corrected chi connectivity index (χ0v) is 44.5. The summed E-state index contributed by atoms with van der Waals surface area (Å²) >= 11 is 0. The van der Waals surface area contributed by atoms with E-state index in [0.29, 0.717) is 0 Å². The Balaban J connectivity index is 1.12. The van der Waals surface area contributed by atoms with Crippen molar-refractivity contribution in [3.8, 4) is 0 Å². The lowest BCUT2D eigenvalue weighted by molar-refractivity contribution is -0.384. The number of amides is 2. The van der Waals surface area contributed by atoms with Crippen molar-refractivity contribution in [1.82, 2.24) is 10.6 Å². The summed E-state index contributed by atoms with van der Waals surface area (Å²) in [6, 6.07) is -3.49. The predicted octanol–water partition coefficient (Wildman–Crippen LogP) is -15.0. The molecular weight excluding hydrogens is 1140 g/mol. The number of nitrogens with one attached hydrogen (secondary N) is 2. The molecule has 0 spiro atoms. The maximum absolute atomic E-state index is 12.8. The SMILES string of the molecule is CC(=O)N[C@@H]1[C@@H](O)[C@H](O[C@@H]2O[C@H](CO)[C@@H](O[C@@H]3O[C@H](CO[C@H]4O[C@H](CO[C@H]5O[C@H](CO)[C@@H](O)[C@H](O)[C@@H]5O)[C@@H](O)[C@H](O)[C@@H]4O)[C@@H](O)[C@H](O[C@H]4O[C@H](CO)[C@@H](O)[C@H](O)[C@@H]4O)[C@@H]3O)[C@H](O)[C@H]2NC(C)=O)[C@@H](CO[C@@H]2O[C@@H](C)[C@@H](O)[C@@H](O)[C@@H]2O)O[C@H]1O. The molecule has 0 aromatic rings. The molecule has 0 radical (unpaired) electrons. The molecule has 7 aliphatic heterocycles. The largest absolute Gasteiger partial charge is 0.394 e. The van der Waals surface area contributed by atoms with E-state index in [1.165, 1.54) is 6.92 Å². The third-order valence-electron chi connectivity index (χ3n) is 15.2. The van der Waals surface area contributed by atoms with Gasteiger partial charge in [0.2, 0.25) is 11.8 Å². The van der Waals surface area contributed by atoms with Gasteiger partial charge in [-0.05, 0) is 6.92 Å². The maximum Gasteiger partial charge on any atom is 0.217 e. The summed E-state index contributed by atoms with van der Waals surface area (Å²) in [5.41, 5.74) is 0. The molecule has 0 bridgehead atoms. The van der Waals surface area contributed by atoms with E-state index in [-0.39, 0.29) is 0 Å².